The molecule has 0 fully saturated rings. The van der Waals surface area contributed by atoms with Gasteiger partial charge in [0.1, 0.15) is 17.4 Å². The number of aromatic nitrogens is 2. The number of allylic oxidation sites excluding steroid dienone is 1. The Balaban J connectivity index is 1.87. The highest BCUT2D eigenvalue weighted by atomic mass is 32.1. The highest BCUT2D eigenvalue weighted by molar-refractivity contribution is 7.10. The van der Waals surface area contributed by atoms with Crippen LogP contribution in [-0.2, 0) is 0 Å². The fourth-order valence-corrected chi connectivity index (χ4v) is 4.34. The molecule has 1 unspecified atom stereocenters. The van der Waals surface area contributed by atoms with Crippen molar-refractivity contribution in [2.45, 2.75) is 19.8 Å². The number of aryl methyl sites for hydroxylation is 1. The predicted octanol–water partition coefficient (Wildman–Crippen LogP) is 4.06. The second-order valence-corrected chi connectivity index (χ2v) is 7.12. The van der Waals surface area contributed by atoms with Gasteiger partial charge in [0.2, 0.25) is 11.8 Å². The van der Waals surface area contributed by atoms with Crippen molar-refractivity contribution in [3.63, 3.8) is 0 Å². The van der Waals surface area contributed by atoms with E-state index >= 15 is 0 Å². The normalized spacial score (nSPS) is 15.8. The summed E-state index contributed by atoms with van der Waals surface area (Å²) in [5.74, 6) is 1.01. The maximum Gasteiger partial charge on any atom is 0.244 e. The fourth-order valence-electron chi connectivity index (χ4n) is 3.29. The largest absolute Gasteiger partial charge is 0.494 e. The highest BCUT2D eigenvalue weighted by Gasteiger charge is 2.36. The van der Waals surface area contributed by atoms with E-state index in [0.29, 0.717) is 18.1 Å². The standard InChI is InChI=1S/C20H18N4O2S/c1-3-25-13-6-4-12(5-7-13)17-16-15(18-11(2)8-9-27-18)14(10-21)19(22)26-20(16)24-23-17/h4-9,15H,3,22H2,1-2H3,(H,23,24). The summed E-state index contributed by atoms with van der Waals surface area (Å²) in [5.41, 5.74) is 10.1. The molecule has 2 aromatic heterocycles. The first-order chi connectivity index (χ1) is 13.1. The number of benzene rings is 1. The van der Waals surface area contributed by atoms with Crippen LogP contribution in [0.25, 0.3) is 11.3 Å². The zero-order valence-corrected chi connectivity index (χ0v) is 15.8. The van der Waals surface area contributed by atoms with Gasteiger partial charge in [0.15, 0.2) is 0 Å². The third kappa shape index (κ3) is 2.84. The summed E-state index contributed by atoms with van der Waals surface area (Å²) < 4.78 is 11.2. The molecule has 1 aliphatic rings. The zero-order chi connectivity index (χ0) is 19.0. The molecule has 4 rings (SSSR count). The highest BCUT2D eigenvalue weighted by Crippen LogP contribution is 2.47. The molecule has 0 spiro atoms. The maximum absolute atomic E-state index is 9.73. The van der Waals surface area contributed by atoms with Crippen molar-refractivity contribution in [3.05, 3.63) is 63.2 Å². The molecule has 136 valence electrons. The van der Waals surface area contributed by atoms with Gasteiger partial charge < -0.3 is 15.2 Å². The maximum atomic E-state index is 9.73. The Morgan fingerprint density at radius 3 is 2.74 bits per heavy atom. The number of nitrogens with two attached hydrogens (primary N) is 1. The van der Waals surface area contributed by atoms with Gasteiger partial charge in [-0.05, 0) is 55.1 Å². The van der Waals surface area contributed by atoms with Gasteiger partial charge in [0, 0.05) is 10.4 Å². The number of nitrogens with zero attached hydrogens (tertiary/aromatic N) is 2. The topological polar surface area (TPSA) is 97.0 Å². The molecule has 0 amide bonds. The van der Waals surface area contributed by atoms with Crippen LogP contribution in [0.2, 0.25) is 0 Å². The number of fused-ring (bicyclic) bond motifs is 1. The molecular weight excluding hydrogens is 360 g/mol. The van der Waals surface area contributed by atoms with Crippen LogP contribution in [0.15, 0.2) is 47.2 Å². The Labute approximate surface area is 160 Å². The Kier molecular flexibility index (Phi) is 4.34. The van der Waals surface area contributed by atoms with Crippen molar-refractivity contribution in [3.8, 4) is 29.0 Å². The van der Waals surface area contributed by atoms with E-state index in [2.05, 4.69) is 16.3 Å². The molecule has 1 atom stereocenters. The third-order valence-electron chi connectivity index (χ3n) is 4.56. The molecule has 7 heteroatoms. The molecule has 0 aliphatic carbocycles. The van der Waals surface area contributed by atoms with Crippen LogP contribution in [0, 0.1) is 18.3 Å². The van der Waals surface area contributed by atoms with Crippen molar-refractivity contribution in [1.29, 1.82) is 5.26 Å². The number of rotatable bonds is 4. The van der Waals surface area contributed by atoms with Gasteiger partial charge in [0.05, 0.1) is 23.8 Å². The van der Waals surface area contributed by atoms with Crippen molar-refractivity contribution >= 4 is 11.3 Å². The van der Waals surface area contributed by atoms with Crippen LogP contribution in [0.1, 0.15) is 28.8 Å². The molecule has 1 aromatic carbocycles. The molecule has 0 radical (unpaired) electrons. The second kappa shape index (κ2) is 6.82. The number of thiophene rings is 1. The van der Waals surface area contributed by atoms with Gasteiger partial charge in [-0.1, -0.05) is 0 Å². The number of hydrogen-bond acceptors (Lipinski definition) is 6. The Morgan fingerprint density at radius 1 is 1.33 bits per heavy atom. The van der Waals surface area contributed by atoms with Crippen molar-refractivity contribution in [1.82, 2.24) is 10.2 Å². The Hall–Kier alpha value is -3.24. The first kappa shape index (κ1) is 17.2. The smallest absolute Gasteiger partial charge is 0.244 e. The number of H-pyrrole nitrogens is 1. The molecule has 3 N–H and O–H groups in total. The van der Waals surface area contributed by atoms with E-state index < -0.39 is 0 Å². The Morgan fingerprint density at radius 2 is 2.11 bits per heavy atom. The summed E-state index contributed by atoms with van der Waals surface area (Å²) in [4.78, 5) is 1.06. The first-order valence-corrected chi connectivity index (χ1v) is 9.45. The second-order valence-electron chi connectivity index (χ2n) is 6.17. The minimum Gasteiger partial charge on any atom is -0.494 e. The number of ether oxygens (including phenoxy) is 2. The predicted molar refractivity (Wildman–Crippen MR) is 104 cm³/mol. The fraction of sp³-hybridized carbons (Fsp3) is 0.200. The lowest BCUT2D eigenvalue weighted by Gasteiger charge is -2.23. The summed E-state index contributed by atoms with van der Waals surface area (Å²) in [5, 5.41) is 19.1. The van der Waals surface area contributed by atoms with Gasteiger partial charge in [-0.25, -0.2) is 0 Å². The zero-order valence-electron chi connectivity index (χ0n) is 14.9. The minimum atomic E-state index is -0.306. The van der Waals surface area contributed by atoms with E-state index in [1.165, 1.54) is 0 Å². The Bertz CT molecular complexity index is 1060. The summed E-state index contributed by atoms with van der Waals surface area (Å²) in [6.45, 7) is 4.59. The number of hydrogen-bond donors (Lipinski definition) is 2. The first-order valence-electron chi connectivity index (χ1n) is 8.57. The van der Waals surface area contributed by atoms with Crippen molar-refractivity contribution in [2.75, 3.05) is 6.61 Å². The molecular formula is C20H18N4O2S. The lowest BCUT2D eigenvalue weighted by atomic mass is 9.86. The summed E-state index contributed by atoms with van der Waals surface area (Å²) >= 11 is 1.60. The minimum absolute atomic E-state index is 0.104. The molecule has 3 heterocycles. The van der Waals surface area contributed by atoms with Crippen LogP contribution in [0.3, 0.4) is 0 Å². The average Bonchev–Trinajstić information content (AvgIpc) is 3.27. The van der Waals surface area contributed by atoms with Crippen molar-refractivity contribution < 1.29 is 9.47 Å². The monoisotopic (exact) mass is 378 g/mol. The van der Waals surface area contributed by atoms with E-state index in [9.17, 15) is 5.26 Å². The van der Waals surface area contributed by atoms with Crippen LogP contribution in [0.5, 0.6) is 11.6 Å². The van der Waals surface area contributed by atoms with Crippen molar-refractivity contribution in [2.24, 2.45) is 5.73 Å². The van der Waals surface area contributed by atoms with Crippen LogP contribution < -0.4 is 15.2 Å². The summed E-state index contributed by atoms with van der Waals surface area (Å²) in [6, 6.07) is 12.0. The van der Waals surface area contributed by atoms with E-state index in [0.717, 1.165) is 33.0 Å². The van der Waals surface area contributed by atoms with E-state index in [1.54, 1.807) is 11.3 Å². The number of nitrogens with one attached hydrogen (secondary N) is 1. The quantitative estimate of drug-likeness (QED) is 0.713. The summed E-state index contributed by atoms with van der Waals surface area (Å²) in [6.07, 6.45) is 0. The van der Waals surface area contributed by atoms with Crippen LogP contribution >= 0.6 is 11.3 Å². The van der Waals surface area contributed by atoms with Gasteiger partial charge in [-0.3, -0.25) is 5.10 Å². The molecule has 3 aromatic rings. The molecule has 27 heavy (non-hydrogen) atoms. The number of aromatic amines is 1. The summed E-state index contributed by atoms with van der Waals surface area (Å²) in [7, 11) is 0. The van der Waals surface area contributed by atoms with Gasteiger partial charge >= 0.3 is 0 Å². The number of nitriles is 1. The van der Waals surface area contributed by atoms with E-state index in [-0.39, 0.29) is 11.8 Å². The third-order valence-corrected chi connectivity index (χ3v) is 5.64. The van der Waals surface area contributed by atoms with Gasteiger partial charge in [-0.15, -0.1) is 16.4 Å². The van der Waals surface area contributed by atoms with Gasteiger partial charge in [-0.2, -0.15) is 5.26 Å². The molecule has 0 saturated heterocycles. The molecule has 0 saturated carbocycles. The SMILES string of the molecule is CCOc1ccc(-c2[nH]nc3c2C(c2sccc2C)C(C#N)=C(N)O3)cc1. The molecule has 1 aliphatic heterocycles. The lowest BCUT2D eigenvalue weighted by Crippen LogP contribution is -2.20. The van der Waals surface area contributed by atoms with E-state index in [4.69, 9.17) is 15.2 Å². The van der Waals surface area contributed by atoms with Gasteiger partial charge in [0.25, 0.3) is 0 Å². The van der Waals surface area contributed by atoms with Crippen LogP contribution in [0.4, 0.5) is 0 Å². The molecule has 6 nitrogen and oxygen atoms in total. The molecule has 0 bridgehead atoms. The van der Waals surface area contributed by atoms with E-state index in [1.807, 2.05) is 49.6 Å². The average molecular weight is 378 g/mol. The lowest BCUT2D eigenvalue weighted by molar-refractivity contribution is 0.340. The van der Waals surface area contributed by atoms with Crippen LogP contribution in [-0.4, -0.2) is 16.8 Å².